The van der Waals surface area contributed by atoms with Gasteiger partial charge in [0.25, 0.3) is 5.56 Å². The van der Waals surface area contributed by atoms with E-state index < -0.39 is 59.5 Å². The maximum Gasteiger partial charge on any atom is 0.490 e. The Morgan fingerprint density at radius 1 is 1.19 bits per heavy atom. The van der Waals surface area contributed by atoms with Crippen LogP contribution in [0.3, 0.4) is 0 Å². The monoisotopic (exact) mass is 521 g/mol. The fourth-order valence-corrected chi connectivity index (χ4v) is 5.45. The van der Waals surface area contributed by atoms with Gasteiger partial charge in [0.05, 0.1) is 6.61 Å². The van der Waals surface area contributed by atoms with E-state index in [4.69, 9.17) is 25.2 Å². The Labute approximate surface area is 175 Å². The smallest absolute Gasteiger partial charge is 0.490 e. The summed E-state index contributed by atoms with van der Waals surface area (Å²) in [7, 11) is -16.8. The zero-order chi connectivity index (χ0) is 24.1. The first-order valence-electron chi connectivity index (χ1n) is 7.88. The summed E-state index contributed by atoms with van der Waals surface area (Å²) in [5.41, 5.74) is 4.37. The van der Waals surface area contributed by atoms with E-state index in [2.05, 4.69) is 28.1 Å². The number of anilines is 1. The van der Waals surface area contributed by atoms with Gasteiger partial charge in [-0.1, -0.05) is 0 Å². The number of nitrogens with one attached hydrogen (secondary N) is 1. The van der Waals surface area contributed by atoms with Gasteiger partial charge in [-0.3, -0.25) is 14.3 Å². The van der Waals surface area contributed by atoms with E-state index in [1.165, 1.54) is 0 Å². The minimum Gasteiger partial charge on any atom is -0.505 e. The van der Waals surface area contributed by atoms with E-state index in [1.54, 1.807) is 0 Å². The van der Waals surface area contributed by atoms with E-state index in [-0.39, 0.29) is 17.1 Å². The Morgan fingerprint density at radius 2 is 1.84 bits per heavy atom. The predicted molar refractivity (Wildman–Crippen MR) is 99.1 cm³/mol. The Morgan fingerprint density at radius 3 is 2.47 bits per heavy atom. The highest BCUT2D eigenvalue weighted by Gasteiger charge is 2.43. The van der Waals surface area contributed by atoms with Gasteiger partial charge < -0.3 is 40.3 Å². The number of hydrogen-bond acceptors (Lipinski definition) is 13. The number of hydrogen-bond donors (Lipinski definition) is 8. The molecule has 19 nitrogen and oxygen atoms in total. The van der Waals surface area contributed by atoms with Crippen LogP contribution >= 0.6 is 23.5 Å². The van der Waals surface area contributed by atoms with E-state index in [0.29, 0.717) is 0 Å². The van der Waals surface area contributed by atoms with Crippen molar-refractivity contribution in [2.75, 3.05) is 12.3 Å². The molecule has 0 aromatic carbocycles. The fraction of sp³-hybridized carbons (Fsp3) is 0.300. The molecular weight excluding hydrogens is 507 g/mol. The third kappa shape index (κ3) is 5.43. The number of aromatic amines is 1. The summed E-state index contributed by atoms with van der Waals surface area (Å²) in [5, 5.41) is 20.2. The Kier molecular flexibility index (Phi) is 6.38. The van der Waals surface area contributed by atoms with Crippen LogP contribution in [0.2, 0.25) is 0 Å². The van der Waals surface area contributed by atoms with Gasteiger partial charge in [0.1, 0.15) is 6.33 Å². The average Bonchev–Trinajstić information content (AvgIpc) is 3.12. The van der Waals surface area contributed by atoms with Crippen molar-refractivity contribution in [2.24, 2.45) is 0 Å². The van der Waals surface area contributed by atoms with E-state index in [1.807, 2.05) is 0 Å². The van der Waals surface area contributed by atoms with Crippen LogP contribution in [0.25, 0.3) is 17.0 Å². The second kappa shape index (κ2) is 8.33. The number of aliphatic hydroxyl groups is 2. The van der Waals surface area contributed by atoms with Crippen molar-refractivity contribution in [3.63, 3.8) is 0 Å². The lowest BCUT2D eigenvalue weighted by Gasteiger charge is -2.19. The SMILES string of the molecule is Nc1nc2c(ncn2C2=C(O)[C@H](O)[C@@H](COP(=O)(O)OP(=O)(O)OP(=O)(O)O)O2)c(=O)[nH]1. The van der Waals surface area contributed by atoms with Crippen LogP contribution in [0.1, 0.15) is 0 Å². The largest absolute Gasteiger partial charge is 0.505 e. The lowest BCUT2D eigenvalue weighted by atomic mass is 10.2. The molecule has 0 fully saturated rings. The first kappa shape index (κ1) is 24.5. The molecule has 9 N–H and O–H groups in total. The standard InChI is InChI=1S/C10H14N5O14P3/c11-10-13-7-4(8(18)14-10)12-2-15(7)9-6(17)5(16)3(27-9)1-26-31(22,23)29-32(24,25)28-30(19,20)21/h2-3,5,16-17H,1H2,(H,22,23)(H,24,25)(H2,19,20,21)(H3,11,13,14,18)/t3-,5-/m1/s1. The number of imidazole rings is 1. The molecular formula is C10H14N5O14P3. The van der Waals surface area contributed by atoms with Gasteiger partial charge in [-0.05, 0) is 0 Å². The summed E-state index contributed by atoms with van der Waals surface area (Å²) in [4.78, 5) is 57.1. The number of nitrogens with zero attached hydrogens (tertiary/aromatic N) is 3. The number of ether oxygens (including phenoxy) is 1. The first-order valence-corrected chi connectivity index (χ1v) is 12.4. The number of aromatic nitrogens is 4. The van der Waals surface area contributed by atoms with Crippen molar-refractivity contribution < 1.29 is 61.4 Å². The molecule has 1 aliphatic heterocycles. The van der Waals surface area contributed by atoms with Gasteiger partial charge in [-0.25, -0.2) is 23.2 Å². The molecule has 0 saturated carbocycles. The Balaban J connectivity index is 1.74. The van der Waals surface area contributed by atoms with Crippen LogP contribution < -0.4 is 11.3 Å². The Hall–Kier alpha value is -2.14. The van der Waals surface area contributed by atoms with Crippen LogP contribution in [0.4, 0.5) is 5.95 Å². The van der Waals surface area contributed by atoms with Crippen molar-refractivity contribution in [3.05, 3.63) is 22.4 Å². The van der Waals surface area contributed by atoms with Crippen molar-refractivity contribution in [1.29, 1.82) is 0 Å². The normalized spacial score (nSPS) is 23.2. The predicted octanol–water partition coefficient (Wildman–Crippen LogP) is -1.51. The highest BCUT2D eigenvalue weighted by Crippen LogP contribution is 2.66. The van der Waals surface area contributed by atoms with Gasteiger partial charge in [-0.15, -0.1) is 0 Å². The summed E-state index contributed by atoms with van der Waals surface area (Å²) in [6.45, 7) is -1.05. The molecule has 0 saturated heterocycles. The van der Waals surface area contributed by atoms with Crippen molar-refractivity contribution in [3.8, 4) is 0 Å². The lowest BCUT2D eigenvalue weighted by molar-refractivity contribution is 0.0131. The molecule has 22 heteroatoms. The number of aliphatic hydroxyl groups excluding tert-OH is 2. The fourth-order valence-electron chi connectivity index (χ4n) is 2.42. The van der Waals surface area contributed by atoms with E-state index in [0.717, 1.165) is 10.9 Å². The molecule has 3 rings (SSSR count). The van der Waals surface area contributed by atoms with Gasteiger partial charge >= 0.3 is 23.5 Å². The van der Waals surface area contributed by atoms with Crippen molar-refractivity contribution in [1.82, 2.24) is 19.5 Å². The van der Waals surface area contributed by atoms with Gasteiger partial charge in [0.15, 0.2) is 29.1 Å². The number of rotatable bonds is 8. The number of phosphoric acid groups is 3. The average molecular weight is 521 g/mol. The summed E-state index contributed by atoms with van der Waals surface area (Å²) < 4.78 is 51.3. The van der Waals surface area contributed by atoms with Crippen LogP contribution in [0.15, 0.2) is 16.9 Å². The van der Waals surface area contributed by atoms with Crippen LogP contribution in [-0.2, 0) is 31.6 Å². The zero-order valence-electron chi connectivity index (χ0n) is 15.1. The maximum absolute atomic E-state index is 11.8. The number of fused-ring (bicyclic) bond motifs is 1. The minimum atomic E-state index is -5.74. The highest BCUT2D eigenvalue weighted by atomic mass is 31.3. The quantitative estimate of drug-likeness (QED) is 0.183. The third-order valence-electron chi connectivity index (χ3n) is 3.58. The molecule has 2 aromatic heterocycles. The summed E-state index contributed by atoms with van der Waals surface area (Å²) in [6, 6.07) is 0. The van der Waals surface area contributed by atoms with Crippen LogP contribution in [0, 0.1) is 0 Å². The zero-order valence-corrected chi connectivity index (χ0v) is 17.8. The molecule has 0 spiro atoms. The highest BCUT2D eigenvalue weighted by molar-refractivity contribution is 7.66. The second-order valence-electron chi connectivity index (χ2n) is 5.92. The summed E-state index contributed by atoms with van der Waals surface area (Å²) in [5.74, 6) is -1.63. The van der Waals surface area contributed by atoms with Gasteiger partial charge in [0, 0.05) is 0 Å². The van der Waals surface area contributed by atoms with Crippen molar-refractivity contribution in [2.45, 2.75) is 12.2 Å². The summed E-state index contributed by atoms with van der Waals surface area (Å²) in [6.07, 6.45) is -2.48. The van der Waals surface area contributed by atoms with Crippen molar-refractivity contribution >= 4 is 46.5 Å². The van der Waals surface area contributed by atoms with Gasteiger partial charge in [0.2, 0.25) is 11.8 Å². The van der Waals surface area contributed by atoms with E-state index >= 15 is 0 Å². The molecule has 178 valence electrons. The topological polar surface area (TPSA) is 299 Å². The molecule has 0 bridgehead atoms. The second-order valence-corrected chi connectivity index (χ2v) is 10.3. The van der Waals surface area contributed by atoms with Crippen LogP contribution in [-0.4, -0.2) is 68.1 Å². The molecule has 3 heterocycles. The molecule has 0 amide bonds. The summed E-state index contributed by atoms with van der Waals surface area (Å²) >= 11 is 0. The number of H-pyrrole nitrogens is 1. The minimum absolute atomic E-state index is 0.173. The number of nitrogens with two attached hydrogens (primary N) is 1. The van der Waals surface area contributed by atoms with Gasteiger partial charge in [-0.2, -0.15) is 13.6 Å². The van der Waals surface area contributed by atoms with Crippen LogP contribution in [0.5, 0.6) is 0 Å². The molecule has 0 radical (unpaired) electrons. The maximum atomic E-state index is 11.8. The number of nitrogen functional groups attached to an aromatic ring is 1. The third-order valence-corrected chi connectivity index (χ3v) is 7.38. The van der Waals surface area contributed by atoms with E-state index in [9.17, 15) is 33.6 Å². The molecule has 1 aliphatic rings. The molecule has 32 heavy (non-hydrogen) atoms. The lowest BCUT2D eigenvalue weighted by Crippen LogP contribution is -2.28. The molecule has 2 aromatic rings. The first-order chi connectivity index (χ1) is 14.6. The molecule has 2 unspecified atom stereocenters. The Bertz CT molecular complexity index is 1280. The molecule has 4 atom stereocenters. The molecule has 0 aliphatic carbocycles. The number of phosphoric ester groups is 1.